The molecule has 0 amide bonds. The van der Waals surface area contributed by atoms with Gasteiger partial charge >= 0.3 is 0 Å². The van der Waals surface area contributed by atoms with E-state index < -0.39 is 0 Å². The van der Waals surface area contributed by atoms with Crippen LogP contribution in [0.25, 0.3) is 0 Å². The quantitative estimate of drug-likeness (QED) is 0.758. The third kappa shape index (κ3) is 3.18. The lowest BCUT2D eigenvalue weighted by Gasteiger charge is -2.35. The minimum absolute atomic E-state index is 0.362. The van der Waals surface area contributed by atoms with Gasteiger partial charge in [-0.1, -0.05) is 27.7 Å². The first-order valence-corrected chi connectivity index (χ1v) is 6.39. The molecule has 0 aromatic rings. The third-order valence-electron chi connectivity index (χ3n) is 4.25. The zero-order valence-electron chi connectivity index (χ0n) is 11.0. The van der Waals surface area contributed by atoms with Crippen molar-refractivity contribution < 1.29 is 0 Å². The number of likely N-dealkylation sites (tertiary alicyclic amines) is 1. The molecule has 1 rings (SSSR count). The van der Waals surface area contributed by atoms with Gasteiger partial charge in [0.15, 0.2) is 0 Å². The summed E-state index contributed by atoms with van der Waals surface area (Å²) in [6.45, 7) is 13.8. The Hall–Kier alpha value is -0.0800. The molecule has 1 fully saturated rings. The molecule has 0 unspecified atom stereocenters. The molecular weight excluding hydrogens is 184 g/mol. The molecule has 15 heavy (non-hydrogen) atoms. The van der Waals surface area contributed by atoms with Gasteiger partial charge in [0, 0.05) is 13.1 Å². The molecule has 0 atom stereocenters. The lowest BCUT2D eigenvalue weighted by Crippen LogP contribution is -2.41. The van der Waals surface area contributed by atoms with Crippen molar-refractivity contribution in [2.24, 2.45) is 16.6 Å². The van der Waals surface area contributed by atoms with Crippen LogP contribution in [0.3, 0.4) is 0 Å². The highest BCUT2D eigenvalue weighted by atomic mass is 15.2. The lowest BCUT2D eigenvalue weighted by molar-refractivity contribution is 0.156. The second-order valence-electron chi connectivity index (χ2n) is 6.04. The van der Waals surface area contributed by atoms with Gasteiger partial charge in [-0.2, -0.15) is 0 Å². The van der Waals surface area contributed by atoms with E-state index in [1.165, 1.54) is 38.9 Å². The smallest absolute Gasteiger partial charge is 0.00501 e. The first kappa shape index (κ1) is 13.0. The Labute approximate surface area is 95.2 Å². The molecule has 2 heteroatoms. The van der Waals surface area contributed by atoms with Gasteiger partial charge in [-0.25, -0.2) is 0 Å². The van der Waals surface area contributed by atoms with E-state index in [4.69, 9.17) is 5.73 Å². The summed E-state index contributed by atoms with van der Waals surface area (Å²) in [5.41, 5.74) is 6.83. The second kappa shape index (κ2) is 4.84. The monoisotopic (exact) mass is 212 g/mol. The van der Waals surface area contributed by atoms with Crippen LogP contribution in [0.5, 0.6) is 0 Å². The largest absolute Gasteiger partial charge is 0.330 e. The van der Waals surface area contributed by atoms with Crippen molar-refractivity contribution in [3.05, 3.63) is 0 Å². The summed E-state index contributed by atoms with van der Waals surface area (Å²) in [6, 6.07) is 0. The van der Waals surface area contributed by atoms with E-state index in [9.17, 15) is 0 Å². The first-order valence-electron chi connectivity index (χ1n) is 6.39. The molecule has 1 saturated heterocycles. The number of rotatable bonds is 5. The van der Waals surface area contributed by atoms with Crippen molar-refractivity contribution in [3.63, 3.8) is 0 Å². The molecule has 1 aliphatic rings. The highest BCUT2D eigenvalue weighted by molar-refractivity contribution is 4.88. The standard InChI is InChI=1S/C13H28N2/c1-5-13(6-2,9-14)11-15-8-7-12(3,4)10-15/h5-11,14H2,1-4H3. The highest BCUT2D eigenvalue weighted by Crippen LogP contribution is 2.33. The number of nitrogens with two attached hydrogens (primary N) is 1. The van der Waals surface area contributed by atoms with E-state index in [2.05, 4.69) is 32.6 Å². The van der Waals surface area contributed by atoms with Gasteiger partial charge in [0.2, 0.25) is 0 Å². The molecule has 1 heterocycles. The van der Waals surface area contributed by atoms with E-state index >= 15 is 0 Å². The maximum absolute atomic E-state index is 5.95. The van der Waals surface area contributed by atoms with Crippen molar-refractivity contribution in [1.82, 2.24) is 4.90 Å². The van der Waals surface area contributed by atoms with Gasteiger partial charge in [0.05, 0.1) is 0 Å². The molecule has 0 spiro atoms. The zero-order chi connectivity index (χ0) is 11.5. The van der Waals surface area contributed by atoms with Crippen LogP contribution < -0.4 is 5.73 Å². The number of hydrogen-bond acceptors (Lipinski definition) is 2. The van der Waals surface area contributed by atoms with E-state index in [-0.39, 0.29) is 0 Å². The van der Waals surface area contributed by atoms with E-state index in [1.807, 2.05) is 0 Å². The Bertz CT molecular complexity index is 186. The lowest BCUT2D eigenvalue weighted by atomic mass is 9.82. The van der Waals surface area contributed by atoms with Gasteiger partial charge in [0.1, 0.15) is 0 Å². The maximum atomic E-state index is 5.95. The predicted octanol–water partition coefficient (Wildman–Crippen LogP) is 2.48. The molecule has 0 aliphatic carbocycles. The Morgan fingerprint density at radius 3 is 2.20 bits per heavy atom. The van der Waals surface area contributed by atoms with Crippen LogP contribution in [-0.4, -0.2) is 31.1 Å². The Balaban J connectivity index is 2.53. The van der Waals surface area contributed by atoms with Gasteiger partial charge in [-0.15, -0.1) is 0 Å². The van der Waals surface area contributed by atoms with Crippen LogP contribution in [0.4, 0.5) is 0 Å². The number of nitrogens with zero attached hydrogens (tertiary/aromatic N) is 1. The average Bonchev–Trinajstić information content (AvgIpc) is 2.55. The second-order valence-corrected chi connectivity index (χ2v) is 6.04. The zero-order valence-corrected chi connectivity index (χ0v) is 11.0. The summed E-state index contributed by atoms with van der Waals surface area (Å²) in [5.74, 6) is 0. The fourth-order valence-electron chi connectivity index (χ4n) is 2.66. The average molecular weight is 212 g/mol. The van der Waals surface area contributed by atoms with Crippen LogP contribution in [0.15, 0.2) is 0 Å². The summed E-state index contributed by atoms with van der Waals surface area (Å²) >= 11 is 0. The minimum Gasteiger partial charge on any atom is -0.330 e. The SMILES string of the molecule is CCC(CC)(CN)CN1CCC(C)(C)C1. The molecule has 0 aromatic heterocycles. The third-order valence-corrected chi connectivity index (χ3v) is 4.25. The summed E-state index contributed by atoms with van der Waals surface area (Å²) in [6.07, 6.45) is 3.74. The molecule has 2 N–H and O–H groups in total. The molecule has 0 bridgehead atoms. The van der Waals surface area contributed by atoms with Crippen molar-refractivity contribution >= 4 is 0 Å². The molecule has 0 radical (unpaired) electrons. The maximum Gasteiger partial charge on any atom is 0.00501 e. The molecule has 0 aromatic carbocycles. The van der Waals surface area contributed by atoms with E-state index in [0.717, 1.165) is 6.54 Å². The fraction of sp³-hybridized carbons (Fsp3) is 1.00. The summed E-state index contributed by atoms with van der Waals surface area (Å²) < 4.78 is 0. The molecule has 2 nitrogen and oxygen atoms in total. The predicted molar refractivity (Wildman–Crippen MR) is 66.9 cm³/mol. The van der Waals surface area contributed by atoms with Gasteiger partial charge in [-0.05, 0) is 43.2 Å². The van der Waals surface area contributed by atoms with Crippen LogP contribution in [0.1, 0.15) is 47.0 Å². The van der Waals surface area contributed by atoms with Gasteiger partial charge in [-0.3, -0.25) is 0 Å². The fourth-order valence-corrected chi connectivity index (χ4v) is 2.66. The molecule has 0 saturated carbocycles. The Morgan fingerprint density at radius 1 is 1.27 bits per heavy atom. The summed E-state index contributed by atoms with van der Waals surface area (Å²) in [7, 11) is 0. The molecular formula is C13H28N2. The minimum atomic E-state index is 0.362. The van der Waals surface area contributed by atoms with Gasteiger partial charge < -0.3 is 10.6 Å². The van der Waals surface area contributed by atoms with Crippen LogP contribution in [0, 0.1) is 10.8 Å². The topological polar surface area (TPSA) is 29.3 Å². The van der Waals surface area contributed by atoms with E-state index in [1.54, 1.807) is 0 Å². The summed E-state index contributed by atoms with van der Waals surface area (Å²) in [4.78, 5) is 2.61. The van der Waals surface area contributed by atoms with Gasteiger partial charge in [0.25, 0.3) is 0 Å². The van der Waals surface area contributed by atoms with Crippen molar-refractivity contribution in [3.8, 4) is 0 Å². The highest BCUT2D eigenvalue weighted by Gasteiger charge is 2.34. The Morgan fingerprint density at radius 2 is 1.87 bits per heavy atom. The van der Waals surface area contributed by atoms with Crippen molar-refractivity contribution in [1.29, 1.82) is 0 Å². The van der Waals surface area contributed by atoms with E-state index in [0.29, 0.717) is 10.8 Å². The Kier molecular flexibility index (Phi) is 4.19. The van der Waals surface area contributed by atoms with Crippen molar-refractivity contribution in [2.45, 2.75) is 47.0 Å². The van der Waals surface area contributed by atoms with Crippen LogP contribution >= 0.6 is 0 Å². The van der Waals surface area contributed by atoms with Crippen LogP contribution in [0.2, 0.25) is 0 Å². The first-order chi connectivity index (χ1) is 6.97. The normalized spacial score (nSPS) is 22.2. The number of hydrogen-bond donors (Lipinski definition) is 1. The summed E-state index contributed by atoms with van der Waals surface area (Å²) in [5, 5.41) is 0. The van der Waals surface area contributed by atoms with Crippen LogP contribution in [-0.2, 0) is 0 Å². The van der Waals surface area contributed by atoms with Crippen molar-refractivity contribution in [2.75, 3.05) is 26.2 Å². The molecule has 1 aliphatic heterocycles. The molecule has 90 valence electrons.